The van der Waals surface area contributed by atoms with Gasteiger partial charge in [0.2, 0.25) is 11.8 Å². The average molecular weight is 307 g/mol. The van der Waals surface area contributed by atoms with Crippen LogP contribution in [0.3, 0.4) is 0 Å². The first-order chi connectivity index (χ1) is 10.5. The van der Waals surface area contributed by atoms with E-state index in [-0.39, 0.29) is 30.2 Å². The quantitative estimate of drug-likeness (QED) is 0.820. The number of piperazine rings is 1. The monoisotopic (exact) mass is 307 g/mol. The molecule has 1 aliphatic rings. The predicted molar refractivity (Wildman–Crippen MR) is 79.1 cm³/mol. The zero-order valence-corrected chi connectivity index (χ0v) is 12.9. The second kappa shape index (κ2) is 7.11. The zero-order valence-electron chi connectivity index (χ0n) is 12.9. The van der Waals surface area contributed by atoms with Crippen LogP contribution in [0.1, 0.15) is 30.8 Å². The van der Waals surface area contributed by atoms with Crippen molar-refractivity contribution in [3.8, 4) is 0 Å². The fourth-order valence-corrected chi connectivity index (χ4v) is 2.34. The van der Waals surface area contributed by atoms with Crippen molar-refractivity contribution < 1.29 is 18.8 Å². The van der Waals surface area contributed by atoms with Crippen LogP contribution in [-0.2, 0) is 9.59 Å². The predicted octanol–water partition coefficient (Wildman–Crippen LogP) is 0.479. The number of nitrogens with zero attached hydrogens (tertiary/aromatic N) is 2. The molecule has 1 N–H and O–H groups in total. The molecule has 0 saturated carbocycles. The van der Waals surface area contributed by atoms with Crippen LogP contribution in [-0.4, -0.2) is 59.7 Å². The fourth-order valence-electron chi connectivity index (χ4n) is 2.34. The Hall–Kier alpha value is -2.31. The lowest BCUT2D eigenvalue weighted by Gasteiger charge is -2.34. The lowest BCUT2D eigenvalue weighted by atomic mass is 10.2. The first-order valence-electron chi connectivity index (χ1n) is 7.37. The van der Waals surface area contributed by atoms with Crippen LogP contribution in [0.2, 0.25) is 0 Å². The highest BCUT2D eigenvalue weighted by molar-refractivity contribution is 5.97. The zero-order chi connectivity index (χ0) is 16.1. The van der Waals surface area contributed by atoms with E-state index in [1.807, 2.05) is 13.8 Å². The van der Waals surface area contributed by atoms with Crippen molar-refractivity contribution in [2.24, 2.45) is 0 Å². The second-order valence-corrected chi connectivity index (χ2v) is 5.55. The Balaban J connectivity index is 1.80. The first kappa shape index (κ1) is 16.1. The lowest BCUT2D eigenvalue weighted by molar-refractivity contribution is -0.137. The van der Waals surface area contributed by atoms with Gasteiger partial charge in [-0.3, -0.25) is 14.4 Å². The summed E-state index contributed by atoms with van der Waals surface area (Å²) in [5.74, 6) is -0.344. The summed E-state index contributed by atoms with van der Waals surface area (Å²) in [6, 6.07) is 3.30. The summed E-state index contributed by atoms with van der Waals surface area (Å²) in [6.07, 6.45) is 1.31. The SMILES string of the molecule is CC(C)NC(=O)CC(=O)N1CCN(C(=O)c2ccco2)CC1. The smallest absolute Gasteiger partial charge is 0.289 e. The van der Waals surface area contributed by atoms with Gasteiger partial charge in [0.25, 0.3) is 5.91 Å². The summed E-state index contributed by atoms with van der Waals surface area (Å²) < 4.78 is 5.09. The molecule has 0 bridgehead atoms. The van der Waals surface area contributed by atoms with Crippen LogP contribution in [0.5, 0.6) is 0 Å². The number of hydrogen-bond donors (Lipinski definition) is 1. The molecule has 7 heteroatoms. The molecule has 0 radical (unpaired) electrons. The van der Waals surface area contributed by atoms with Crippen molar-refractivity contribution in [3.05, 3.63) is 24.2 Å². The van der Waals surface area contributed by atoms with Gasteiger partial charge in [-0.05, 0) is 26.0 Å². The summed E-state index contributed by atoms with van der Waals surface area (Å²) in [5.41, 5.74) is 0. The topological polar surface area (TPSA) is 82.9 Å². The number of nitrogens with one attached hydrogen (secondary N) is 1. The van der Waals surface area contributed by atoms with Gasteiger partial charge in [-0.25, -0.2) is 0 Å². The van der Waals surface area contributed by atoms with Gasteiger partial charge < -0.3 is 19.5 Å². The van der Waals surface area contributed by atoms with Crippen LogP contribution in [0, 0.1) is 0 Å². The van der Waals surface area contributed by atoms with Crippen molar-refractivity contribution >= 4 is 17.7 Å². The van der Waals surface area contributed by atoms with Crippen LogP contribution in [0.15, 0.2) is 22.8 Å². The van der Waals surface area contributed by atoms with Crippen LogP contribution in [0.25, 0.3) is 0 Å². The van der Waals surface area contributed by atoms with E-state index in [0.717, 1.165) is 0 Å². The Morgan fingerprint density at radius 3 is 2.36 bits per heavy atom. The Morgan fingerprint density at radius 2 is 1.82 bits per heavy atom. The van der Waals surface area contributed by atoms with E-state index in [1.165, 1.54) is 6.26 Å². The minimum absolute atomic E-state index is 0.0167. The molecular formula is C15H21N3O4. The molecule has 0 spiro atoms. The van der Waals surface area contributed by atoms with Crippen molar-refractivity contribution in [2.75, 3.05) is 26.2 Å². The number of furan rings is 1. The van der Waals surface area contributed by atoms with E-state index in [4.69, 9.17) is 4.42 Å². The molecule has 0 aromatic carbocycles. The number of hydrogen-bond acceptors (Lipinski definition) is 4. The fraction of sp³-hybridized carbons (Fsp3) is 0.533. The summed E-state index contributed by atoms with van der Waals surface area (Å²) in [5, 5.41) is 2.69. The van der Waals surface area contributed by atoms with Crippen LogP contribution >= 0.6 is 0 Å². The third kappa shape index (κ3) is 4.09. The molecule has 3 amide bonds. The lowest BCUT2D eigenvalue weighted by Crippen LogP contribution is -2.51. The largest absolute Gasteiger partial charge is 0.459 e. The van der Waals surface area contributed by atoms with Gasteiger partial charge in [-0.1, -0.05) is 0 Å². The third-order valence-electron chi connectivity index (χ3n) is 3.41. The van der Waals surface area contributed by atoms with E-state index in [0.29, 0.717) is 31.9 Å². The van der Waals surface area contributed by atoms with E-state index in [2.05, 4.69) is 5.32 Å². The number of carbonyl (C=O) groups excluding carboxylic acids is 3. The van der Waals surface area contributed by atoms with Crippen LogP contribution < -0.4 is 5.32 Å². The molecule has 0 aliphatic carbocycles. The second-order valence-electron chi connectivity index (χ2n) is 5.55. The molecule has 7 nitrogen and oxygen atoms in total. The van der Waals surface area contributed by atoms with E-state index in [1.54, 1.807) is 21.9 Å². The van der Waals surface area contributed by atoms with Gasteiger partial charge in [0.05, 0.1) is 6.26 Å². The molecule has 2 heterocycles. The Morgan fingerprint density at radius 1 is 1.18 bits per heavy atom. The molecular weight excluding hydrogens is 286 g/mol. The molecule has 1 fully saturated rings. The number of carbonyl (C=O) groups is 3. The van der Waals surface area contributed by atoms with Gasteiger partial charge in [0, 0.05) is 32.2 Å². The highest BCUT2D eigenvalue weighted by Crippen LogP contribution is 2.10. The molecule has 1 saturated heterocycles. The molecule has 22 heavy (non-hydrogen) atoms. The van der Waals surface area contributed by atoms with Crippen LogP contribution in [0.4, 0.5) is 0 Å². The minimum Gasteiger partial charge on any atom is -0.459 e. The summed E-state index contributed by atoms with van der Waals surface area (Å²) in [4.78, 5) is 39.0. The molecule has 2 rings (SSSR count). The van der Waals surface area contributed by atoms with Crippen molar-refractivity contribution in [3.63, 3.8) is 0 Å². The highest BCUT2D eigenvalue weighted by Gasteiger charge is 2.26. The van der Waals surface area contributed by atoms with Crippen molar-refractivity contribution in [2.45, 2.75) is 26.3 Å². The first-order valence-corrected chi connectivity index (χ1v) is 7.37. The molecule has 1 aliphatic heterocycles. The Kier molecular flexibility index (Phi) is 5.19. The average Bonchev–Trinajstić information content (AvgIpc) is 2.99. The van der Waals surface area contributed by atoms with E-state index >= 15 is 0 Å². The molecule has 0 unspecified atom stereocenters. The Bertz CT molecular complexity index is 531. The molecule has 1 aromatic heterocycles. The molecule has 1 aromatic rings. The van der Waals surface area contributed by atoms with Gasteiger partial charge in [-0.2, -0.15) is 0 Å². The standard InChI is InChI=1S/C15H21N3O4/c1-11(2)16-13(19)10-14(20)17-5-7-18(8-6-17)15(21)12-4-3-9-22-12/h3-4,9,11H,5-8,10H2,1-2H3,(H,16,19). The summed E-state index contributed by atoms with van der Waals surface area (Å²) in [6.45, 7) is 5.44. The van der Waals surface area contributed by atoms with E-state index < -0.39 is 0 Å². The maximum Gasteiger partial charge on any atom is 0.289 e. The van der Waals surface area contributed by atoms with Gasteiger partial charge in [0.15, 0.2) is 5.76 Å². The van der Waals surface area contributed by atoms with E-state index in [9.17, 15) is 14.4 Å². The highest BCUT2D eigenvalue weighted by atomic mass is 16.3. The molecule has 0 atom stereocenters. The molecule has 120 valence electrons. The third-order valence-corrected chi connectivity index (χ3v) is 3.41. The van der Waals surface area contributed by atoms with Gasteiger partial charge in [-0.15, -0.1) is 0 Å². The summed E-state index contributed by atoms with van der Waals surface area (Å²) in [7, 11) is 0. The van der Waals surface area contributed by atoms with Crippen molar-refractivity contribution in [1.29, 1.82) is 0 Å². The van der Waals surface area contributed by atoms with Gasteiger partial charge in [0.1, 0.15) is 6.42 Å². The van der Waals surface area contributed by atoms with Crippen molar-refractivity contribution in [1.82, 2.24) is 15.1 Å². The maximum absolute atomic E-state index is 12.1. The normalized spacial score (nSPS) is 15.0. The minimum atomic E-state index is -0.269. The Labute approximate surface area is 129 Å². The maximum atomic E-state index is 12.1. The summed E-state index contributed by atoms with van der Waals surface area (Å²) >= 11 is 0. The number of amides is 3. The number of rotatable bonds is 4. The van der Waals surface area contributed by atoms with Gasteiger partial charge >= 0.3 is 0 Å².